The summed E-state index contributed by atoms with van der Waals surface area (Å²) in [5.41, 5.74) is 0.831. The molecular formula is C10H14OS. The van der Waals surface area contributed by atoms with E-state index >= 15 is 0 Å². The average Bonchev–Trinajstić information content (AvgIpc) is 2.54. The molecule has 0 aromatic carbocycles. The topological polar surface area (TPSA) is 17.1 Å². The molecule has 66 valence electrons. The Kier molecular flexibility index (Phi) is 2.68. The van der Waals surface area contributed by atoms with Crippen molar-refractivity contribution in [1.82, 2.24) is 0 Å². The Bertz CT molecular complexity index is 251. The fraction of sp³-hybridized carbons (Fsp3) is 0.500. The summed E-state index contributed by atoms with van der Waals surface area (Å²) in [6, 6.07) is 2.03. The maximum Gasteiger partial charge on any atom is 0.130 e. The summed E-state index contributed by atoms with van der Waals surface area (Å²) in [6.45, 7) is 6.14. The second-order valence-electron chi connectivity index (χ2n) is 3.57. The molecule has 0 aliphatic rings. The lowest BCUT2D eigenvalue weighted by molar-refractivity contribution is -0.113. The van der Waals surface area contributed by atoms with Crippen molar-refractivity contribution in [3.05, 3.63) is 22.4 Å². The quantitative estimate of drug-likeness (QED) is 0.657. The molecule has 1 aromatic rings. The summed E-state index contributed by atoms with van der Waals surface area (Å²) in [4.78, 5) is 11.0. The van der Waals surface area contributed by atoms with Gasteiger partial charge in [-0.15, -0.1) is 0 Å². The summed E-state index contributed by atoms with van der Waals surface area (Å²) in [7, 11) is 0. The highest BCUT2D eigenvalue weighted by Gasteiger charge is 2.29. The molecule has 0 fully saturated rings. The Morgan fingerprint density at radius 2 is 2.25 bits per heavy atom. The molecular weight excluding hydrogens is 168 g/mol. The number of carbonyl (C=O) groups excluding carboxylic acids is 1. The standard InChI is InChI=1S/C10H14OS/c1-8(2)10(3,7-11)9-4-5-12-6-9/h4-8H,1-3H3/t10-/m0/s1. The lowest BCUT2D eigenvalue weighted by Crippen LogP contribution is -2.29. The van der Waals surface area contributed by atoms with Gasteiger partial charge in [0, 0.05) is 0 Å². The van der Waals surface area contributed by atoms with Crippen LogP contribution in [0.25, 0.3) is 0 Å². The Balaban J connectivity index is 3.04. The molecule has 0 saturated carbocycles. The van der Waals surface area contributed by atoms with Gasteiger partial charge in [0.1, 0.15) is 6.29 Å². The Labute approximate surface area is 77.4 Å². The molecule has 0 saturated heterocycles. The predicted octanol–water partition coefficient (Wildman–Crippen LogP) is 2.86. The molecule has 1 heterocycles. The average molecular weight is 182 g/mol. The predicted molar refractivity (Wildman–Crippen MR) is 52.6 cm³/mol. The van der Waals surface area contributed by atoms with E-state index < -0.39 is 0 Å². The monoisotopic (exact) mass is 182 g/mol. The normalized spacial score (nSPS) is 16.0. The second-order valence-corrected chi connectivity index (χ2v) is 4.35. The number of hydrogen-bond donors (Lipinski definition) is 0. The molecule has 0 aliphatic heterocycles. The molecule has 2 heteroatoms. The zero-order valence-corrected chi connectivity index (χ0v) is 8.52. The maximum absolute atomic E-state index is 11.0. The zero-order chi connectivity index (χ0) is 9.19. The highest BCUT2D eigenvalue weighted by Crippen LogP contribution is 2.30. The van der Waals surface area contributed by atoms with Gasteiger partial charge in [-0.05, 0) is 35.2 Å². The van der Waals surface area contributed by atoms with Crippen molar-refractivity contribution in [3.8, 4) is 0 Å². The van der Waals surface area contributed by atoms with Crippen LogP contribution < -0.4 is 0 Å². The minimum Gasteiger partial charge on any atom is -0.302 e. The van der Waals surface area contributed by atoms with Crippen molar-refractivity contribution in [1.29, 1.82) is 0 Å². The molecule has 0 bridgehead atoms. The molecule has 0 aliphatic carbocycles. The summed E-state index contributed by atoms with van der Waals surface area (Å²) in [5.74, 6) is 0.351. The maximum atomic E-state index is 11.0. The first kappa shape index (κ1) is 9.46. The summed E-state index contributed by atoms with van der Waals surface area (Å²) < 4.78 is 0. The molecule has 1 atom stereocenters. The minimum absolute atomic E-state index is 0.306. The van der Waals surface area contributed by atoms with E-state index in [2.05, 4.69) is 19.2 Å². The van der Waals surface area contributed by atoms with E-state index in [1.807, 2.05) is 18.4 Å². The number of rotatable bonds is 3. The van der Waals surface area contributed by atoms with E-state index in [0.29, 0.717) is 5.92 Å². The van der Waals surface area contributed by atoms with Crippen LogP contribution in [-0.4, -0.2) is 6.29 Å². The molecule has 0 amide bonds. The first-order chi connectivity index (χ1) is 5.61. The third-order valence-electron chi connectivity index (χ3n) is 2.59. The van der Waals surface area contributed by atoms with Gasteiger partial charge in [0.05, 0.1) is 5.41 Å². The van der Waals surface area contributed by atoms with Gasteiger partial charge in [0.2, 0.25) is 0 Å². The van der Waals surface area contributed by atoms with Gasteiger partial charge in [-0.25, -0.2) is 0 Å². The van der Waals surface area contributed by atoms with Crippen LogP contribution in [0.2, 0.25) is 0 Å². The van der Waals surface area contributed by atoms with Gasteiger partial charge >= 0.3 is 0 Å². The van der Waals surface area contributed by atoms with Crippen LogP contribution in [0, 0.1) is 5.92 Å². The molecule has 0 spiro atoms. The Morgan fingerprint density at radius 3 is 2.58 bits per heavy atom. The zero-order valence-electron chi connectivity index (χ0n) is 7.70. The van der Waals surface area contributed by atoms with E-state index in [9.17, 15) is 4.79 Å². The van der Waals surface area contributed by atoms with Crippen LogP contribution in [-0.2, 0) is 10.2 Å². The number of carbonyl (C=O) groups is 1. The van der Waals surface area contributed by atoms with E-state index in [1.54, 1.807) is 11.3 Å². The molecule has 12 heavy (non-hydrogen) atoms. The van der Waals surface area contributed by atoms with Crippen molar-refractivity contribution in [2.75, 3.05) is 0 Å². The third kappa shape index (κ3) is 1.44. The van der Waals surface area contributed by atoms with Gasteiger partial charge in [0.25, 0.3) is 0 Å². The minimum atomic E-state index is -0.306. The van der Waals surface area contributed by atoms with Gasteiger partial charge in [0.15, 0.2) is 0 Å². The van der Waals surface area contributed by atoms with E-state index in [4.69, 9.17) is 0 Å². The first-order valence-corrected chi connectivity index (χ1v) is 5.04. The van der Waals surface area contributed by atoms with E-state index in [1.165, 1.54) is 0 Å². The number of aldehydes is 1. The second kappa shape index (κ2) is 3.40. The smallest absolute Gasteiger partial charge is 0.130 e. The van der Waals surface area contributed by atoms with Crippen LogP contribution in [0.15, 0.2) is 16.8 Å². The van der Waals surface area contributed by atoms with Crippen molar-refractivity contribution >= 4 is 17.6 Å². The highest BCUT2D eigenvalue weighted by atomic mass is 32.1. The molecule has 1 rings (SSSR count). The van der Waals surface area contributed by atoms with Crippen molar-refractivity contribution in [2.45, 2.75) is 26.2 Å². The van der Waals surface area contributed by atoms with Gasteiger partial charge < -0.3 is 4.79 Å². The lowest BCUT2D eigenvalue weighted by atomic mass is 9.76. The fourth-order valence-electron chi connectivity index (χ4n) is 1.11. The van der Waals surface area contributed by atoms with Crippen LogP contribution in [0.1, 0.15) is 26.3 Å². The van der Waals surface area contributed by atoms with Crippen molar-refractivity contribution in [2.24, 2.45) is 5.92 Å². The SMILES string of the molecule is CC(C)[C@](C)(C=O)c1ccsc1. The van der Waals surface area contributed by atoms with Crippen LogP contribution in [0.3, 0.4) is 0 Å². The summed E-state index contributed by atoms with van der Waals surface area (Å²) in [5, 5.41) is 4.06. The Hall–Kier alpha value is -0.630. The number of hydrogen-bond acceptors (Lipinski definition) is 2. The summed E-state index contributed by atoms with van der Waals surface area (Å²) >= 11 is 1.64. The number of thiophene rings is 1. The molecule has 1 aromatic heterocycles. The van der Waals surface area contributed by atoms with Gasteiger partial charge in [-0.3, -0.25) is 0 Å². The van der Waals surface area contributed by atoms with Crippen molar-refractivity contribution < 1.29 is 4.79 Å². The Morgan fingerprint density at radius 1 is 1.58 bits per heavy atom. The van der Waals surface area contributed by atoms with Crippen molar-refractivity contribution in [3.63, 3.8) is 0 Å². The van der Waals surface area contributed by atoms with Crippen LogP contribution >= 0.6 is 11.3 Å². The van der Waals surface area contributed by atoms with E-state index in [-0.39, 0.29) is 5.41 Å². The largest absolute Gasteiger partial charge is 0.302 e. The van der Waals surface area contributed by atoms with Crippen LogP contribution in [0.4, 0.5) is 0 Å². The fourth-order valence-corrected chi connectivity index (χ4v) is 1.89. The van der Waals surface area contributed by atoms with Gasteiger partial charge in [-0.2, -0.15) is 11.3 Å². The molecule has 0 unspecified atom stereocenters. The molecule has 1 nitrogen and oxygen atoms in total. The summed E-state index contributed by atoms with van der Waals surface area (Å²) in [6.07, 6.45) is 1.06. The highest BCUT2D eigenvalue weighted by molar-refractivity contribution is 7.08. The third-order valence-corrected chi connectivity index (χ3v) is 3.27. The van der Waals surface area contributed by atoms with E-state index in [0.717, 1.165) is 11.8 Å². The lowest BCUT2D eigenvalue weighted by Gasteiger charge is -2.26. The molecule has 0 radical (unpaired) electrons. The van der Waals surface area contributed by atoms with Crippen LogP contribution in [0.5, 0.6) is 0 Å². The van der Waals surface area contributed by atoms with Gasteiger partial charge in [-0.1, -0.05) is 13.8 Å². The molecule has 0 N–H and O–H groups in total. The first-order valence-electron chi connectivity index (χ1n) is 4.10.